The van der Waals surface area contributed by atoms with Crippen LogP contribution in [-0.4, -0.2) is 25.8 Å². The number of hydrogen-bond acceptors (Lipinski definition) is 4. The molecule has 0 N–H and O–H groups in total. The van der Waals surface area contributed by atoms with Crippen molar-refractivity contribution in [3.63, 3.8) is 0 Å². The standard InChI is InChI=1S/C14H14ClNO3/c1-10(9-18-2)19-14(17)12(8-16)7-11-3-5-13(15)6-4-11/h3-7,10H,9H2,1-2H3/b12-7+/t10-/m1/s1. The van der Waals surface area contributed by atoms with Gasteiger partial charge >= 0.3 is 5.97 Å². The third-order valence-corrected chi connectivity index (χ3v) is 2.48. The van der Waals surface area contributed by atoms with Gasteiger partial charge in [0.05, 0.1) is 6.61 Å². The number of nitrogens with zero attached hydrogens (tertiary/aromatic N) is 1. The highest BCUT2D eigenvalue weighted by atomic mass is 35.5. The predicted molar refractivity (Wildman–Crippen MR) is 72.5 cm³/mol. The van der Waals surface area contributed by atoms with Crippen LogP contribution in [0.15, 0.2) is 29.8 Å². The molecule has 1 aromatic rings. The summed E-state index contributed by atoms with van der Waals surface area (Å²) in [5.74, 6) is -0.665. The molecule has 4 nitrogen and oxygen atoms in total. The summed E-state index contributed by atoms with van der Waals surface area (Å²) in [6.45, 7) is 1.98. The van der Waals surface area contributed by atoms with E-state index in [-0.39, 0.29) is 12.2 Å². The zero-order valence-corrected chi connectivity index (χ0v) is 11.5. The summed E-state index contributed by atoms with van der Waals surface area (Å²) in [4.78, 5) is 11.7. The Kier molecular flexibility index (Phi) is 6.07. The molecule has 0 bridgehead atoms. The molecule has 1 atom stereocenters. The van der Waals surface area contributed by atoms with Crippen LogP contribution in [0, 0.1) is 11.3 Å². The highest BCUT2D eigenvalue weighted by Crippen LogP contribution is 2.13. The zero-order chi connectivity index (χ0) is 14.3. The molecule has 0 aliphatic heterocycles. The van der Waals surface area contributed by atoms with E-state index < -0.39 is 12.1 Å². The van der Waals surface area contributed by atoms with Gasteiger partial charge in [-0.05, 0) is 30.7 Å². The molecule has 5 heteroatoms. The lowest BCUT2D eigenvalue weighted by Gasteiger charge is -2.11. The predicted octanol–water partition coefficient (Wildman–Crippen LogP) is 2.83. The second-order valence-electron chi connectivity index (χ2n) is 3.89. The lowest BCUT2D eigenvalue weighted by molar-refractivity contribution is -0.145. The molecule has 0 aliphatic carbocycles. The van der Waals surface area contributed by atoms with Gasteiger partial charge in [0.25, 0.3) is 0 Å². The third-order valence-electron chi connectivity index (χ3n) is 2.23. The van der Waals surface area contributed by atoms with E-state index in [1.807, 2.05) is 6.07 Å². The Morgan fingerprint density at radius 2 is 2.11 bits per heavy atom. The van der Waals surface area contributed by atoms with Gasteiger partial charge in [0.15, 0.2) is 0 Å². The minimum absolute atomic E-state index is 0.0646. The number of ether oxygens (including phenoxy) is 2. The van der Waals surface area contributed by atoms with Crippen molar-refractivity contribution in [1.82, 2.24) is 0 Å². The molecular weight excluding hydrogens is 266 g/mol. The molecule has 0 unspecified atom stereocenters. The minimum atomic E-state index is -0.665. The molecule has 0 spiro atoms. The summed E-state index contributed by atoms with van der Waals surface area (Å²) >= 11 is 5.76. The molecule has 19 heavy (non-hydrogen) atoms. The van der Waals surface area contributed by atoms with Gasteiger partial charge in [-0.3, -0.25) is 0 Å². The van der Waals surface area contributed by atoms with Crippen molar-refractivity contribution >= 4 is 23.6 Å². The van der Waals surface area contributed by atoms with E-state index in [1.54, 1.807) is 31.2 Å². The summed E-state index contributed by atoms with van der Waals surface area (Å²) in [6, 6.07) is 8.62. The average molecular weight is 280 g/mol. The Labute approximate surface area is 117 Å². The fourth-order valence-corrected chi connectivity index (χ4v) is 1.50. The molecule has 0 aliphatic rings. The molecule has 0 saturated heterocycles. The quantitative estimate of drug-likeness (QED) is 0.472. The smallest absolute Gasteiger partial charge is 0.349 e. The highest BCUT2D eigenvalue weighted by molar-refractivity contribution is 6.30. The van der Waals surface area contributed by atoms with Crippen LogP contribution in [0.3, 0.4) is 0 Å². The number of esters is 1. The SMILES string of the molecule is COC[C@@H](C)OC(=O)/C(C#N)=C/c1ccc(Cl)cc1. The van der Waals surface area contributed by atoms with Crippen molar-refractivity contribution in [3.05, 3.63) is 40.4 Å². The molecule has 0 fully saturated rings. The van der Waals surface area contributed by atoms with Crippen molar-refractivity contribution in [2.24, 2.45) is 0 Å². The lowest BCUT2D eigenvalue weighted by atomic mass is 10.1. The van der Waals surface area contributed by atoms with Gasteiger partial charge in [-0.15, -0.1) is 0 Å². The van der Waals surface area contributed by atoms with Gasteiger partial charge in [0, 0.05) is 12.1 Å². The molecule has 0 heterocycles. The van der Waals surface area contributed by atoms with Gasteiger partial charge < -0.3 is 9.47 Å². The van der Waals surface area contributed by atoms with E-state index in [2.05, 4.69) is 0 Å². The number of halogens is 1. The maximum Gasteiger partial charge on any atom is 0.349 e. The van der Waals surface area contributed by atoms with Gasteiger partial charge in [0.2, 0.25) is 0 Å². The first-order valence-corrected chi connectivity index (χ1v) is 6.02. The second kappa shape index (κ2) is 7.57. The molecule has 0 saturated carbocycles. The summed E-state index contributed by atoms with van der Waals surface area (Å²) in [7, 11) is 1.51. The first-order valence-electron chi connectivity index (χ1n) is 5.64. The largest absolute Gasteiger partial charge is 0.456 e. The Morgan fingerprint density at radius 1 is 1.47 bits per heavy atom. The van der Waals surface area contributed by atoms with Gasteiger partial charge in [0.1, 0.15) is 17.7 Å². The van der Waals surface area contributed by atoms with Crippen LogP contribution < -0.4 is 0 Å². The van der Waals surface area contributed by atoms with Crippen LogP contribution in [0.2, 0.25) is 5.02 Å². The van der Waals surface area contributed by atoms with Crippen molar-refractivity contribution in [1.29, 1.82) is 5.26 Å². The molecule has 1 aromatic carbocycles. The van der Waals surface area contributed by atoms with Gasteiger partial charge in [-0.25, -0.2) is 4.79 Å². The highest BCUT2D eigenvalue weighted by Gasteiger charge is 2.14. The molecule has 0 aromatic heterocycles. The van der Waals surface area contributed by atoms with E-state index in [9.17, 15) is 4.79 Å². The number of carbonyl (C=O) groups excluding carboxylic acids is 1. The Hall–Kier alpha value is -1.83. The monoisotopic (exact) mass is 279 g/mol. The fourth-order valence-electron chi connectivity index (χ4n) is 1.38. The number of benzene rings is 1. The Bertz CT molecular complexity index is 502. The number of methoxy groups -OCH3 is 1. The average Bonchev–Trinajstić information content (AvgIpc) is 2.38. The minimum Gasteiger partial charge on any atom is -0.456 e. The van der Waals surface area contributed by atoms with E-state index in [0.29, 0.717) is 10.6 Å². The fraction of sp³-hybridized carbons (Fsp3) is 0.286. The van der Waals surface area contributed by atoms with Crippen LogP contribution in [0.4, 0.5) is 0 Å². The number of carbonyl (C=O) groups is 1. The summed E-state index contributed by atoms with van der Waals surface area (Å²) in [6.07, 6.45) is 1.05. The van der Waals surface area contributed by atoms with Crippen molar-refractivity contribution in [2.75, 3.05) is 13.7 Å². The molecule has 1 rings (SSSR count). The Balaban J connectivity index is 2.80. The Morgan fingerprint density at radius 3 is 2.63 bits per heavy atom. The van der Waals surface area contributed by atoms with Crippen LogP contribution in [0.1, 0.15) is 12.5 Å². The second-order valence-corrected chi connectivity index (χ2v) is 4.33. The molecule has 0 amide bonds. The van der Waals surface area contributed by atoms with Crippen molar-refractivity contribution in [3.8, 4) is 6.07 Å². The molecular formula is C14H14ClNO3. The van der Waals surface area contributed by atoms with E-state index in [1.165, 1.54) is 13.2 Å². The van der Waals surface area contributed by atoms with Crippen LogP contribution in [0.25, 0.3) is 6.08 Å². The van der Waals surface area contributed by atoms with Crippen LogP contribution in [0.5, 0.6) is 0 Å². The van der Waals surface area contributed by atoms with Crippen LogP contribution >= 0.6 is 11.6 Å². The number of nitriles is 1. The molecule has 0 radical (unpaired) electrons. The first-order chi connectivity index (χ1) is 9.06. The maximum absolute atomic E-state index is 11.7. The number of hydrogen-bond donors (Lipinski definition) is 0. The van der Waals surface area contributed by atoms with Gasteiger partial charge in [-0.1, -0.05) is 23.7 Å². The van der Waals surface area contributed by atoms with Gasteiger partial charge in [-0.2, -0.15) is 5.26 Å². The summed E-state index contributed by atoms with van der Waals surface area (Å²) in [5, 5.41) is 9.57. The zero-order valence-electron chi connectivity index (χ0n) is 10.7. The topological polar surface area (TPSA) is 59.3 Å². The summed E-state index contributed by atoms with van der Waals surface area (Å²) < 4.78 is 9.91. The lowest BCUT2D eigenvalue weighted by Crippen LogP contribution is -2.20. The third kappa shape index (κ3) is 5.12. The molecule has 100 valence electrons. The van der Waals surface area contributed by atoms with Crippen LogP contribution in [-0.2, 0) is 14.3 Å². The van der Waals surface area contributed by atoms with E-state index in [0.717, 1.165) is 0 Å². The summed E-state index contributed by atoms with van der Waals surface area (Å²) in [5.41, 5.74) is 0.641. The maximum atomic E-state index is 11.7. The van der Waals surface area contributed by atoms with E-state index in [4.69, 9.17) is 26.3 Å². The van der Waals surface area contributed by atoms with Crippen molar-refractivity contribution in [2.45, 2.75) is 13.0 Å². The van der Waals surface area contributed by atoms with Crippen molar-refractivity contribution < 1.29 is 14.3 Å². The normalized spacial score (nSPS) is 12.6. The number of rotatable bonds is 5. The van der Waals surface area contributed by atoms with E-state index >= 15 is 0 Å². The first kappa shape index (κ1) is 15.2.